The molecule has 2 N–H and O–H groups in total. The Bertz CT molecular complexity index is 731. The third-order valence-corrected chi connectivity index (χ3v) is 4.19. The van der Waals surface area contributed by atoms with Gasteiger partial charge in [-0.15, -0.1) is 0 Å². The first-order valence-electron chi connectivity index (χ1n) is 5.18. The fraction of sp³-hybridized carbons (Fsp3) is 0.111. The number of non-ortho nitro benzene ring substituents is 1. The summed E-state index contributed by atoms with van der Waals surface area (Å²) in [4.78, 5) is 13.3. The van der Waals surface area contributed by atoms with Crippen molar-refractivity contribution in [2.75, 3.05) is 0 Å². The van der Waals surface area contributed by atoms with Gasteiger partial charge in [-0.1, -0.05) is 11.6 Å². The minimum absolute atomic E-state index is 0.110. The molecule has 0 radical (unpaired) electrons. The number of nitro benzene ring substituents is 1. The number of H-pyrrole nitrogens is 1. The highest BCUT2D eigenvalue weighted by Gasteiger charge is 2.21. The Morgan fingerprint density at radius 2 is 2.20 bits per heavy atom. The lowest BCUT2D eigenvalue weighted by Crippen LogP contribution is -2.24. The van der Waals surface area contributed by atoms with Crippen molar-refractivity contribution in [1.29, 1.82) is 0 Å². The highest BCUT2D eigenvalue weighted by molar-refractivity contribution is 7.89. The van der Waals surface area contributed by atoms with Gasteiger partial charge in [-0.2, -0.15) is 5.10 Å². The fourth-order valence-corrected chi connectivity index (χ4v) is 2.87. The number of hydrogen-bond acceptors (Lipinski definition) is 6. The summed E-state index contributed by atoms with van der Waals surface area (Å²) in [5.41, 5.74) is -0.366. The Balaban J connectivity index is 2.28. The van der Waals surface area contributed by atoms with Crippen LogP contribution in [0.25, 0.3) is 0 Å². The number of halogens is 1. The molecule has 1 aromatic heterocycles. The van der Waals surface area contributed by atoms with E-state index < -0.39 is 14.9 Å². The molecule has 11 heteroatoms. The second-order valence-electron chi connectivity index (χ2n) is 3.63. The molecule has 0 bridgehead atoms. The van der Waals surface area contributed by atoms with Crippen LogP contribution in [0.15, 0.2) is 29.4 Å². The van der Waals surface area contributed by atoms with Gasteiger partial charge in [0.25, 0.3) is 5.69 Å². The molecule has 0 saturated heterocycles. The van der Waals surface area contributed by atoms with Crippen molar-refractivity contribution < 1.29 is 13.3 Å². The molecule has 0 spiro atoms. The van der Waals surface area contributed by atoms with Crippen molar-refractivity contribution in [2.24, 2.45) is 0 Å². The fourth-order valence-electron chi connectivity index (χ4n) is 1.37. The second-order valence-corrected chi connectivity index (χ2v) is 5.77. The number of aromatic amines is 1. The topological polar surface area (TPSA) is 131 Å². The smallest absolute Gasteiger partial charge is 0.262 e. The Morgan fingerprint density at radius 1 is 1.45 bits per heavy atom. The van der Waals surface area contributed by atoms with E-state index in [0.29, 0.717) is 5.82 Å². The largest absolute Gasteiger partial charge is 0.270 e. The van der Waals surface area contributed by atoms with Crippen LogP contribution in [0.1, 0.15) is 5.82 Å². The number of nitrogens with one attached hydrogen (secondary N) is 2. The molecule has 0 saturated carbocycles. The van der Waals surface area contributed by atoms with Crippen LogP contribution in [0.2, 0.25) is 5.02 Å². The minimum Gasteiger partial charge on any atom is -0.262 e. The Morgan fingerprint density at radius 3 is 2.80 bits per heavy atom. The molecule has 20 heavy (non-hydrogen) atoms. The average molecular weight is 318 g/mol. The van der Waals surface area contributed by atoms with Crippen molar-refractivity contribution in [3.05, 3.63) is 45.5 Å². The van der Waals surface area contributed by atoms with Crippen LogP contribution in [0.4, 0.5) is 5.69 Å². The van der Waals surface area contributed by atoms with Crippen molar-refractivity contribution in [3.63, 3.8) is 0 Å². The molecule has 9 nitrogen and oxygen atoms in total. The van der Waals surface area contributed by atoms with Crippen LogP contribution in [-0.4, -0.2) is 28.5 Å². The number of nitro groups is 1. The molecule has 106 valence electrons. The van der Waals surface area contributed by atoms with Gasteiger partial charge in [0.1, 0.15) is 17.0 Å². The SMILES string of the molecule is O=[N+]([O-])c1ccc(Cl)c(S(=O)(=O)NCc2ncn[nH]2)c1. The summed E-state index contributed by atoms with van der Waals surface area (Å²) in [6, 6.07) is 3.17. The van der Waals surface area contributed by atoms with Crippen molar-refractivity contribution in [1.82, 2.24) is 19.9 Å². The van der Waals surface area contributed by atoms with E-state index in [2.05, 4.69) is 19.9 Å². The summed E-state index contributed by atoms with van der Waals surface area (Å²) >= 11 is 5.77. The summed E-state index contributed by atoms with van der Waals surface area (Å²) < 4.78 is 26.3. The molecule has 2 rings (SSSR count). The molecule has 0 aliphatic rings. The summed E-state index contributed by atoms with van der Waals surface area (Å²) in [6.45, 7) is -0.138. The average Bonchev–Trinajstić information content (AvgIpc) is 2.89. The first-order chi connectivity index (χ1) is 9.40. The van der Waals surface area contributed by atoms with Gasteiger partial charge in [-0.3, -0.25) is 15.2 Å². The minimum atomic E-state index is -4.00. The molecule has 2 aromatic rings. The lowest BCUT2D eigenvalue weighted by molar-refractivity contribution is -0.385. The van der Waals surface area contributed by atoms with Crippen molar-refractivity contribution in [3.8, 4) is 0 Å². The molecular formula is C9H8ClN5O4S. The maximum atomic E-state index is 12.0. The normalized spacial score (nSPS) is 11.4. The first-order valence-corrected chi connectivity index (χ1v) is 7.04. The zero-order chi connectivity index (χ0) is 14.8. The van der Waals surface area contributed by atoms with Gasteiger partial charge in [0, 0.05) is 12.1 Å². The first kappa shape index (κ1) is 14.4. The number of hydrogen-bond donors (Lipinski definition) is 2. The second kappa shape index (κ2) is 5.53. The van der Waals surface area contributed by atoms with Crippen LogP contribution in [0.5, 0.6) is 0 Å². The number of aromatic nitrogens is 3. The van der Waals surface area contributed by atoms with Gasteiger partial charge in [0.15, 0.2) is 0 Å². The van der Waals surface area contributed by atoms with E-state index in [4.69, 9.17) is 11.6 Å². The molecule has 0 unspecified atom stereocenters. The van der Waals surface area contributed by atoms with Crippen molar-refractivity contribution in [2.45, 2.75) is 11.4 Å². The molecule has 1 aromatic carbocycles. The van der Waals surface area contributed by atoms with Crippen LogP contribution in [-0.2, 0) is 16.6 Å². The lowest BCUT2D eigenvalue weighted by Gasteiger charge is -2.06. The maximum absolute atomic E-state index is 12.0. The maximum Gasteiger partial charge on any atom is 0.270 e. The molecule has 0 atom stereocenters. The van der Waals surface area contributed by atoms with Crippen LogP contribution in [0, 0.1) is 10.1 Å². The predicted octanol–water partition coefficient (Wildman–Crippen LogP) is 0.845. The third-order valence-electron chi connectivity index (χ3n) is 2.31. The molecular weight excluding hydrogens is 310 g/mol. The van der Waals surface area contributed by atoms with Gasteiger partial charge < -0.3 is 0 Å². The zero-order valence-corrected chi connectivity index (χ0v) is 11.3. The van der Waals surface area contributed by atoms with Gasteiger partial charge in [-0.05, 0) is 6.07 Å². The van der Waals surface area contributed by atoms with Crippen LogP contribution < -0.4 is 4.72 Å². The molecule has 1 heterocycles. The van der Waals surface area contributed by atoms with Gasteiger partial charge in [0.2, 0.25) is 10.0 Å². The van der Waals surface area contributed by atoms with E-state index in [1.807, 2.05) is 0 Å². The lowest BCUT2D eigenvalue weighted by atomic mass is 10.3. The van der Waals surface area contributed by atoms with E-state index in [1.54, 1.807) is 0 Å². The summed E-state index contributed by atoms with van der Waals surface area (Å²) in [5, 5.41) is 16.6. The Hall–Kier alpha value is -2.04. The van der Waals surface area contributed by atoms with Gasteiger partial charge in [0.05, 0.1) is 16.5 Å². The van der Waals surface area contributed by atoms with E-state index in [1.165, 1.54) is 6.33 Å². The highest BCUT2D eigenvalue weighted by atomic mass is 35.5. The monoisotopic (exact) mass is 317 g/mol. The van der Waals surface area contributed by atoms with Crippen LogP contribution >= 0.6 is 11.6 Å². The number of sulfonamides is 1. The van der Waals surface area contributed by atoms with E-state index >= 15 is 0 Å². The van der Waals surface area contributed by atoms with E-state index in [9.17, 15) is 18.5 Å². The number of benzene rings is 1. The summed E-state index contributed by atoms with van der Waals surface area (Å²) in [6.07, 6.45) is 1.23. The standard InChI is InChI=1S/C9H8ClN5O4S/c10-7-2-1-6(15(16)17)3-8(7)20(18,19)13-4-9-11-5-12-14-9/h1-3,5,13H,4H2,(H,11,12,14). The Labute approximate surface area is 118 Å². The van der Waals surface area contributed by atoms with Gasteiger partial charge >= 0.3 is 0 Å². The van der Waals surface area contributed by atoms with Crippen LogP contribution in [0.3, 0.4) is 0 Å². The zero-order valence-electron chi connectivity index (χ0n) is 9.78. The molecule has 0 aliphatic heterocycles. The Kier molecular flexibility index (Phi) is 3.97. The number of nitrogens with zero attached hydrogens (tertiary/aromatic N) is 3. The molecule has 0 fully saturated rings. The molecule has 0 aliphatic carbocycles. The highest BCUT2D eigenvalue weighted by Crippen LogP contribution is 2.25. The molecule has 0 amide bonds. The number of rotatable bonds is 5. The summed E-state index contributed by atoms with van der Waals surface area (Å²) in [5.74, 6) is 0.301. The quantitative estimate of drug-likeness (QED) is 0.620. The van der Waals surface area contributed by atoms with E-state index in [-0.39, 0.29) is 22.2 Å². The van der Waals surface area contributed by atoms with E-state index in [0.717, 1.165) is 18.2 Å². The third kappa shape index (κ3) is 3.10. The van der Waals surface area contributed by atoms with Gasteiger partial charge in [-0.25, -0.2) is 18.1 Å². The predicted molar refractivity (Wildman–Crippen MR) is 68.5 cm³/mol. The summed E-state index contributed by atoms with van der Waals surface area (Å²) in [7, 11) is -4.00. The van der Waals surface area contributed by atoms with Crippen molar-refractivity contribution >= 4 is 27.3 Å².